The molecule has 4 heterocycles. The molecule has 1 atom stereocenters. The molecule has 2 aromatic carbocycles. The van der Waals surface area contributed by atoms with Crippen molar-refractivity contribution in [2.75, 3.05) is 30.9 Å². The number of carbonyl (C=O) groups excluding carboxylic acids is 2. The molecule has 1 N–H and O–H groups in total. The molecule has 2 aliphatic rings. The number of methoxy groups -OCH3 is 1. The van der Waals surface area contributed by atoms with Crippen molar-refractivity contribution in [2.45, 2.75) is 25.7 Å². The van der Waals surface area contributed by atoms with Crippen LogP contribution in [0.5, 0.6) is 0 Å². The molecule has 4 aromatic rings. The highest BCUT2D eigenvalue weighted by Crippen LogP contribution is 2.44. The molecule has 10 heteroatoms. The van der Waals surface area contributed by atoms with E-state index in [0.29, 0.717) is 28.9 Å². The number of hydrogen-bond donors (Lipinski definition) is 1. The molecule has 0 saturated carbocycles. The van der Waals surface area contributed by atoms with Crippen LogP contribution in [0.1, 0.15) is 32.8 Å². The average Bonchev–Trinajstić information content (AvgIpc) is 3.44. The van der Waals surface area contributed by atoms with Crippen LogP contribution >= 0.6 is 11.3 Å². The second-order valence-corrected chi connectivity index (χ2v) is 9.76. The van der Waals surface area contributed by atoms with E-state index >= 15 is 0 Å². The summed E-state index contributed by atoms with van der Waals surface area (Å²) in [5.41, 5.74) is 4.75. The Morgan fingerprint density at radius 1 is 1.17 bits per heavy atom. The number of aromatic nitrogens is 3. The summed E-state index contributed by atoms with van der Waals surface area (Å²) < 4.78 is 7.14. The van der Waals surface area contributed by atoms with Crippen LogP contribution < -0.4 is 10.2 Å². The van der Waals surface area contributed by atoms with E-state index in [4.69, 9.17) is 4.74 Å². The highest BCUT2D eigenvalue weighted by molar-refractivity contribution is 7.15. The molecule has 9 nitrogen and oxygen atoms in total. The third-order valence-corrected chi connectivity index (χ3v) is 7.50. The summed E-state index contributed by atoms with van der Waals surface area (Å²) in [7, 11) is 3.60. The quantitative estimate of drug-likeness (QED) is 0.463. The minimum Gasteiger partial charge on any atom is -0.377 e. The largest absolute Gasteiger partial charge is 0.377 e. The van der Waals surface area contributed by atoms with E-state index in [0.717, 1.165) is 28.7 Å². The van der Waals surface area contributed by atoms with Crippen LogP contribution in [0.15, 0.2) is 48.5 Å². The Labute approximate surface area is 205 Å². The zero-order chi connectivity index (χ0) is 24.1. The molecule has 2 amide bonds. The van der Waals surface area contributed by atoms with Crippen LogP contribution in [-0.4, -0.2) is 52.2 Å². The molecule has 2 aromatic heterocycles. The van der Waals surface area contributed by atoms with Crippen molar-refractivity contribution in [1.29, 1.82) is 0 Å². The standard InChI is InChI=1S/C25H24N6O3S/c1-29-18-9-5-4-8-17(18)24(33)30-12-11-16-15-7-3-6-10-19(15)31(22(16)23(29)30)13-20(32)26-25-28-27-21(35-25)14-34-2/h3-10,23H,11-14H2,1-2H3,(H,26,28,32). The van der Waals surface area contributed by atoms with Crippen LogP contribution in [0.25, 0.3) is 10.9 Å². The SMILES string of the molecule is COCc1nnc(NC(=O)Cn2c3c(c4ccccc42)CCN2C(=O)c4ccccc4N(C)C32)s1. The Hall–Kier alpha value is -3.76. The molecule has 6 rings (SSSR count). The van der Waals surface area contributed by atoms with Gasteiger partial charge in [0.25, 0.3) is 5.91 Å². The van der Waals surface area contributed by atoms with E-state index in [1.54, 1.807) is 7.11 Å². The van der Waals surface area contributed by atoms with Crippen LogP contribution in [-0.2, 0) is 29.1 Å². The fourth-order valence-electron chi connectivity index (χ4n) is 5.27. The molecule has 2 aliphatic heterocycles. The zero-order valence-corrected chi connectivity index (χ0v) is 20.2. The van der Waals surface area contributed by atoms with Crippen molar-refractivity contribution in [2.24, 2.45) is 0 Å². The molecule has 0 aliphatic carbocycles. The number of benzene rings is 2. The monoisotopic (exact) mass is 488 g/mol. The fourth-order valence-corrected chi connectivity index (χ4v) is 6.00. The summed E-state index contributed by atoms with van der Waals surface area (Å²) in [6, 6.07) is 15.8. The first-order chi connectivity index (χ1) is 17.1. The molecule has 178 valence electrons. The maximum atomic E-state index is 13.4. The lowest BCUT2D eigenvalue weighted by atomic mass is 9.96. The maximum absolute atomic E-state index is 13.4. The van der Waals surface area contributed by atoms with Gasteiger partial charge in [0, 0.05) is 31.6 Å². The first kappa shape index (κ1) is 21.8. The molecule has 0 saturated heterocycles. The minimum atomic E-state index is -0.295. The summed E-state index contributed by atoms with van der Waals surface area (Å²) in [5, 5.41) is 13.2. The van der Waals surface area contributed by atoms with Crippen LogP contribution in [0.2, 0.25) is 0 Å². The first-order valence-corrected chi connectivity index (χ1v) is 12.2. The van der Waals surface area contributed by atoms with Gasteiger partial charge < -0.3 is 19.1 Å². The van der Waals surface area contributed by atoms with E-state index in [1.165, 1.54) is 16.9 Å². The second-order valence-electron chi connectivity index (χ2n) is 8.70. The summed E-state index contributed by atoms with van der Waals surface area (Å²) >= 11 is 1.29. The summed E-state index contributed by atoms with van der Waals surface area (Å²) in [5.74, 6) is -0.175. The van der Waals surface area contributed by atoms with Crippen molar-refractivity contribution in [3.8, 4) is 0 Å². The smallest absolute Gasteiger partial charge is 0.257 e. The van der Waals surface area contributed by atoms with Crippen LogP contribution in [0.4, 0.5) is 10.8 Å². The van der Waals surface area contributed by atoms with E-state index in [9.17, 15) is 9.59 Å². The van der Waals surface area contributed by atoms with Crippen molar-refractivity contribution in [3.05, 3.63) is 70.4 Å². The van der Waals surface area contributed by atoms with Gasteiger partial charge in [-0.15, -0.1) is 10.2 Å². The van der Waals surface area contributed by atoms with Gasteiger partial charge in [-0.1, -0.05) is 41.7 Å². The van der Waals surface area contributed by atoms with Crippen molar-refractivity contribution in [3.63, 3.8) is 0 Å². The molecule has 0 bridgehead atoms. The fraction of sp³-hybridized carbons (Fsp3) is 0.280. The van der Waals surface area contributed by atoms with Crippen molar-refractivity contribution in [1.82, 2.24) is 19.7 Å². The molecule has 1 unspecified atom stereocenters. The molecule has 0 fully saturated rings. The summed E-state index contributed by atoms with van der Waals surface area (Å²) in [4.78, 5) is 30.7. The number of fused-ring (bicyclic) bond motifs is 6. The van der Waals surface area contributed by atoms with E-state index in [2.05, 4.69) is 26.5 Å². The molecular formula is C25H24N6O3S. The molecule has 35 heavy (non-hydrogen) atoms. The minimum absolute atomic E-state index is 0.0233. The number of nitrogens with one attached hydrogen (secondary N) is 1. The van der Waals surface area contributed by atoms with E-state index in [-0.39, 0.29) is 24.5 Å². The Morgan fingerprint density at radius 2 is 1.97 bits per heavy atom. The lowest BCUT2D eigenvalue weighted by molar-refractivity contribution is -0.116. The van der Waals surface area contributed by atoms with Crippen molar-refractivity contribution >= 4 is 44.9 Å². The highest BCUT2D eigenvalue weighted by atomic mass is 32.1. The zero-order valence-electron chi connectivity index (χ0n) is 19.4. The Bertz CT molecular complexity index is 1460. The number of carbonyl (C=O) groups is 2. The number of rotatable bonds is 5. The number of ether oxygens (including phenoxy) is 1. The lowest BCUT2D eigenvalue weighted by Gasteiger charge is -2.46. The summed E-state index contributed by atoms with van der Waals surface area (Å²) in [6.45, 7) is 1.08. The Balaban J connectivity index is 1.41. The first-order valence-electron chi connectivity index (χ1n) is 11.4. The average molecular weight is 489 g/mol. The van der Waals surface area contributed by atoms with Gasteiger partial charge in [-0.2, -0.15) is 0 Å². The predicted molar refractivity (Wildman–Crippen MR) is 134 cm³/mol. The number of amides is 2. The normalized spacial score (nSPS) is 16.7. The molecule has 0 spiro atoms. The van der Waals surface area contributed by atoms with E-state index in [1.807, 2.05) is 59.0 Å². The molecule has 0 radical (unpaired) electrons. The third kappa shape index (κ3) is 3.48. The topological polar surface area (TPSA) is 92.6 Å². The number of nitrogens with zero attached hydrogens (tertiary/aromatic N) is 5. The number of para-hydroxylation sites is 2. The Morgan fingerprint density at radius 3 is 2.83 bits per heavy atom. The van der Waals surface area contributed by atoms with Gasteiger partial charge in [0.05, 0.1) is 16.9 Å². The van der Waals surface area contributed by atoms with Gasteiger partial charge in [0.2, 0.25) is 11.0 Å². The van der Waals surface area contributed by atoms with Crippen LogP contribution in [0, 0.1) is 0 Å². The number of anilines is 2. The van der Waals surface area contributed by atoms with Gasteiger partial charge in [0.1, 0.15) is 24.3 Å². The van der Waals surface area contributed by atoms with Gasteiger partial charge in [-0.05, 0) is 30.2 Å². The second kappa shape index (κ2) is 8.47. The predicted octanol–water partition coefficient (Wildman–Crippen LogP) is 3.42. The van der Waals surface area contributed by atoms with Crippen molar-refractivity contribution < 1.29 is 14.3 Å². The summed E-state index contributed by atoms with van der Waals surface area (Å²) in [6.07, 6.45) is 0.440. The highest BCUT2D eigenvalue weighted by Gasteiger charge is 2.42. The van der Waals surface area contributed by atoms with Crippen LogP contribution in [0.3, 0.4) is 0 Å². The van der Waals surface area contributed by atoms with Gasteiger partial charge in [-0.25, -0.2) is 0 Å². The van der Waals surface area contributed by atoms with E-state index < -0.39 is 0 Å². The lowest BCUT2D eigenvalue weighted by Crippen LogP contribution is -2.51. The van der Waals surface area contributed by atoms with Gasteiger partial charge in [-0.3, -0.25) is 14.9 Å². The number of hydrogen-bond acceptors (Lipinski definition) is 7. The van der Waals surface area contributed by atoms with Gasteiger partial charge >= 0.3 is 0 Å². The third-order valence-electron chi connectivity index (χ3n) is 6.69. The molecular weight excluding hydrogens is 464 g/mol. The maximum Gasteiger partial charge on any atom is 0.257 e. The Kier molecular flexibility index (Phi) is 5.27. The van der Waals surface area contributed by atoms with Gasteiger partial charge in [0.15, 0.2) is 0 Å².